The molecule has 0 bridgehead atoms. The fourth-order valence-electron chi connectivity index (χ4n) is 4.51. The van der Waals surface area contributed by atoms with E-state index in [1.807, 2.05) is 24.3 Å². The Kier molecular flexibility index (Phi) is 5.79. The van der Waals surface area contributed by atoms with Crippen molar-refractivity contribution in [2.45, 2.75) is 50.5 Å². The molecule has 2 aliphatic carbocycles. The number of carbonyl (C=O) groups is 1. The van der Waals surface area contributed by atoms with Gasteiger partial charge in [0.05, 0.1) is 25.4 Å². The van der Waals surface area contributed by atoms with E-state index in [4.69, 9.17) is 9.47 Å². The van der Waals surface area contributed by atoms with Crippen molar-refractivity contribution in [1.82, 2.24) is 9.78 Å². The quantitative estimate of drug-likeness (QED) is 0.445. The van der Waals surface area contributed by atoms with Gasteiger partial charge < -0.3 is 14.6 Å². The summed E-state index contributed by atoms with van der Waals surface area (Å²) in [5.41, 5.74) is 3.27. The Morgan fingerprint density at radius 2 is 2.00 bits per heavy atom. The first-order chi connectivity index (χ1) is 16.0. The molecule has 6 nitrogen and oxygen atoms in total. The standard InChI is InChI=1S/C26H27FN2O4/c1-32-20-9-10-23(27)24(12-20)29-26(17-7-8-17)19(14-28-29)15-33-21-4-2-3-18(11-21)22(13-25(30)31)16-5-6-16/h2-4,9-12,14,16-17,22H,5-8,13,15H2,1H3,(H,30,31). The second-order valence-electron chi connectivity index (χ2n) is 8.96. The summed E-state index contributed by atoms with van der Waals surface area (Å²) in [6, 6.07) is 12.4. The van der Waals surface area contributed by atoms with Gasteiger partial charge in [0.15, 0.2) is 0 Å². The smallest absolute Gasteiger partial charge is 0.303 e. The average Bonchev–Trinajstić information content (AvgIpc) is 3.75. The van der Waals surface area contributed by atoms with Gasteiger partial charge in [-0.1, -0.05) is 12.1 Å². The van der Waals surface area contributed by atoms with E-state index >= 15 is 0 Å². The Balaban J connectivity index is 1.37. The van der Waals surface area contributed by atoms with E-state index in [0.717, 1.165) is 42.5 Å². The number of aromatic nitrogens is 2. The first-order valence-electron chi connectivity index (χ1n) is 11.4. The molecule has 0 aliphatic heterocycles. The van der Waals surface area contributed by atoms with Crippen molar-refractivity contribution in [1.29, 1.82) is 0 Å². The van der Waals surface area contributed by atoms with E-state index in [-0.39, 0.29) is 18.2 Å². The molecule has 1 heterocycles. The van der Waals surface area contributed by atoms with Crippen LogP contribution in [0.1, 0.15) is 60.8 Å². The lowest BCUT2D eigenvalue weighted by Gasteiger charge is -2.16. The zero-order valence-electron chi connectivity index (χ0n) is 18.5. The number of halogens is 1. The van der Waals surface area contributed by atoms with E-state index in [1.165, 1.54) is 6.07 Å². The van der Waals surface area contributed by atoms with Crippen LogP contribution in [-0.2, 0) is 11.4 Å². The molecule has 0 radical (unpaired) electrons. The van der Waals surface area contributed by atoms with E-state index in [9.17, 15) is 14.3 Å². The van der Waals surface area contributed by atoms with Gasteiger partial charge in [0.25, 0.3) is 0 Å². The lowest BCUT2D eigenvalue weighted by atomic mass is 9.91. The van der Waals surface area contributed by atoms with Crippen molar-refractivity contribution in [2.24, 2.45) is 5.92 Å². The van der Waals surface area contributed by atoms with Crippen molar-refractivity contribution in [3.8, 4) is 17.2 Å². The Morgan fingerprint density at radius 1 is 1.18 bits per heavy atom. The molecule has 1 aromatic heterocycles. The molecule has 7 heteroatoms. The number of rotatable bonds is 10. The largest absolute Gasteiger partial charge is 0.497 e. The van der Waals surface area contributed by atoms with Gasteiger partial charge in [0.1, 0.15) is 29.6 Å². The van der Waals surface area contributed by atoms with Gasteiger partial charge in [-0.2, -0.15) is 5.10 Å². The van der Waals surface area contributed by atoms with E-state index in [0.29, 0.717) is 35.6 Å². The van der Waals surface area contributed by atoms with Crippen LogP contribution >= 0.6 is 0 Å². The monoisotopic (exact) mass is 450 g/mol. The highest BCUT2D eigenvalue weighted by molar-refractivity contribution is 5.68. The van der Waals surface area contributed by atoms with Crippen molar-refractivity contribution in [3.05, 3.63) is 71.3 Å². The highest BCUT2D eigenvalue weighted by atomic mass is 19.1. The van der Waals surface area contributed by atoms with Crippen LogP contribution in [0, 0.1) is 11.7 Å². The summed E-state index contributed by atoms with van der Waals surface area (Å²) in [7, 11) is 1.56. The number of hydrogen-bond donors (Lipinski definition) is 1. The number of methoxy groups -OCH3 is 1. The highest BCUT2D eigenvalue weighted by Crippen LogP contribution is 2.45. The average molecular weight is 451 g/mol. The van der Waals surface area contributed by atoms with Gasteiger partial charge in [0, 0.05) is 17.5 Å². The molecule has 2 aromatic carbocycles. The molecule has 1 atom stereocenters. The molecular formula is C26H27FN2O4. The summed E-state index contributed by atoms with van der Waals surface area (Å²) >= 11 is 0. The zero-order chi connectivity index (χ0) is 22.9. The van der Waals surface area contributed by atoms with Gasteiger partial charge in [-0.05, 0) is 67.3 Å². The van der Waals surface area contributed by atoms with Crippen molar-refractivity contribution in [3.63, 3.8) is 0 Å². The molecule has 0 saturated heterocycles. The predicted molar refractivity (Wildman–Crippen MR) is 121 cm³/mol. The molecule has 33 heavy (non-hydrogen) atoms. The molecule has 1 unspecified atom stereocenters. The summed E-state index contributed by atoms with van der Waals surface area (Å²) in [4.78, 5) is 11.3. The van der Waals surface area contributed by atoms with Gasteiger partial charge in [-0.3, -0.25) is 4.79 Å². The minimum Gasteiger partial charge on any atom is -0.497 e. The van der Waals surface area contributed by atoms with Crippen molar-refractivity contribution >= 4 is 5.97 Å². The lowest BCUT2D eigenvalue weighted by molar-refractivity contribution is -0.137. The van der Waals surface area contributed by atoms with Crippen LogP contribution in [0.25, 0.3) is 5.69 Å². The fraction of sp³-hybridized carbons (Fsp3) is 0.385. The minimum atomic E-state index is -0.774. The van der Waals surface area contributed by atoms with E-state index in [2.05, 4.69) is 5.10 Å². The Morgan fingerprint density at radius 3 is 2.70 bits per heavy atom. The summed E-state index contributed by atoms with van der Waals surface area (Å²) in [5.74, 6) is 0.934. The molecule has 1 N–H and O–H groups in total. The van der Waals surface area contributed by atoms with Crippen LogP contribution < -0.4 is 9.47 Å². The maximum atomic E-state index is 14.6. The molecule has 2 fully saturated rings. The highest BCUT2D eigenvalue weighted by Gasteiger charge is 2.34. The van der Waals surface area contributed by atoms with Gasteiger partial charge in [-0.25, -0.2) is 9.07 Å². The first-order valence-corrected chi connectivity index (χ1v) is 11.4. The third-order valence-corrected chi connectivity index (χ3v) is 6.50. The molecule has 0 amide bonds. The van der Waals surface area contributed by atoms with Crippen LogP contribution in [0.4, 0.5) is 4.39 Å². The zero-order valence-corrected chi connectivity index (χ0v) is 18.5. The minimum absolute atomic E-state index is 0.0202. The Bertz CT molecular complexity index is 1170. The van der Waals surface area contributed by atoms with Gasteiger partial charge in [-0.15, -0.1) is 0 Å². The maximum absolute atomic E-state index is 14.6. The fourth-order valence-corrected chi connectivity index (χ4v) is 4.51. The molecule has 172 valence electrons. The molecule has 2 aliphatic rings. The number of aliphatic carboxylic acids is 1. The third-order valence-electron chi connectivity index (χ3n) is 6.50. The van der Waals surface area contributed by atoms with Crippen LogP contribution in [0.15, 0.2) is 48.7 Å². The predicted octanol–water partition coefficient (Wildman–Crippen LogP) is 5.44. The van der Waals surface area contributed by atoms with Crippen LogP contribution in [-0.4, -0.2) is 28.0 Å². The van der Waals surface area contributed by atoms with E-state index < -0.39 is 5.97 Å². The van der Waals surface area contributed by atoms with Gasteiger partial charge in [0.2, 0.25) is 0 Å². The number of hydrogen-bond acceptors (Lipinski definition) is 4. The summed E-state index contributed by atoms with van der Waals surface area (Å²) in [6.07, 6.45) is 6.12. The second-order valence-corrected chi connectivity index (χ2v) is 8.96. The third kappa shape index (κ3) is 4.72. The number of carboxylic acid groups (broad SMARTS) is 1. The first kappa shape index (κ1) is 21.5. The lowest BCUT2D eigenvalue weighted by Crippen LogP contribution is -2.09. The maximum Gasteiger partial charge on any atom is 0.303 e. The summed E-state index contributed by atoms with van der Waals surface area (Å²) in [5, 5.41) is 13.8. The van der Waals surface area contributed by atoms with Crippen LogP contribution in [0.5, 0.6) is 11.5 Å². The Hall–Kier alpha value is -3.35. The number of carboxylic acids is 1. The molecule has 0 spiro atoms. The van der Waals surface area contributed by atoms with E-state index in [1.54, 1.807) is 30.1 Å². The Labute approximate surface area is 192 Å². The van der Waals surface area contributed by atoms with Gasteiger partial charge >= 0.3 is 5.97 Å². The normalized spacial score (nSPS) is 16.4. The van der Waals surface area contributed by atoms with Crippen LogP contribution in [0.2, 0.25) is 0 Å². The summed E-state index contributed by atoms with van der Waals surface area (Å²) < 4.78 is 27.7. The number of benzene rings is 2. The number of ether oxygens (including phenoxy) is 2. The molecular weight excluding hydrogens is 423 g/mol. The number of nitrogens with zero attached hydrogens (tertiary/aromatic N) is 2. The second kappa shape index (κ2) is 8.89. The summed E-state index contributed by atoms with van der Waals surface area (Å²) in [6.45, 7) is 0.313. The van der Waals surface area contributed by atoms with Crippen LogP contribution in [0.3, 0.4) is 0 Å². The topological polar surface area (TPSA) is 73.6 Å². The van der Waals surface area contributed by atoms with Crippen molar-refractivity contribution in [2.75, 3.05) is 7.11 Å². The molecule has 3 aromatic rings. The molecule has 5 rings (SSSR count). The van der Waals surface area contributed by atoms with Crippen molar-refractivity contribution < 1.29 is 23.8 Å². The molecule has 2 saturated carbocycles. The SMILES string of the molecule is COc1ccc(F)c(-n2ncc(COc3cccc(C(CC(=O)O)C4CC4)c3)c2C2CC2)c1.